The Kier molecular flexibility index (Phi) is 8.51. The van der Waals surface area contributed by atoms with Crippen molar-refractivity contribution in [2.24, 2.45) is 11.7 Å². The van der Waals surface area contributed by atoms with Crippen molar-refractivity contribution >= 4 is 34.2 Å². The van der Waals surface area contributed by atoms with Crippen molar-refractivity contribution in [1.82, 2.24) is 4.48 Å². The Morgan fingerprint density at radius 3 is 2.34 bits per heavy atom. The van der Waals surface area contributed by atoms with Gasteiger partial charge in [-0.2, -0.15) is 0 Å². The van der Waals surface area contributed by atoms with Crippen molar-refractivity contribution in [2.45, 2.75) is 39.7 Å². The molecule has 1 amide bonds. The van der Waals surface area contributed by atoms with Gasteiger partial charge >= 0.3 is 5.91 Å². The van der Waals surface area contributed by atoms with E-state index >= 15 is 0 Å². The number of carbonyl (C=O) groups is 1. The molecular formula is C32H34ClN2O3+. The van der Waals surface area contributed by atoms with Gasteiger partial charge in [0.15, 0.2) is 17.2 Å². The lowest BCUT2D eigenvalue weighted by molar-refractivity contribution is -0.132. The van der Waals surface area contributed by atoms with Gasteiger partial charge in [0.05, 0.1) is 18.9 Å². The summed E-state index contributed by atoms with van der Waals surface area (Å²) in [6.45, 7) is 12.6. The highest BCUT2D eigenvalue weighted by Crippen LogP contribution is 2.43. The maximum absolute atomic E-state index is 14.1. The Labute approximate surface area is 229 Å². The first kappa shape index (κ1) is 27.8. The van der Waals surface area contributed by atoms with Gasteiger partial charge in [-0.25, -0.2) is 9.28 Å². The van der Waals surface area contributed by atoms with Crippen LogP contribution >= 0.6 is 11.6 Å². The van der Waals surface area contributed by atoms with Crippen molar-refractivity contribution in [2.75, 3.05) is 13.1 Å². The Bertz CT molecular complexity index is 1480. The summed E-state index contributed by atoms with van der Waals surface area (Å²) in [5.41, 5.74) is 9.15. The number of nitrogens with two attached hydrogens (primary N) is 1. The summed E-state index contributed by atoms with van der Waals surface area (Å²) in [6.07, 6.45) is 0.974. The van der Waals surface area contributed by atoms with Crippen molar-refractivity contribution in [3.05, 3.63) is 117 Å². The van der Waals surface area contributed by atoms with Crippen molar-refractivity contribution in [3.8, 4) is 0 Å². The highest BCUT2D eigenvalue weighted by atomic mass is 35.5. The molecule has 196 valence electrons. The minimum Gasteiger partial charge on any atom is -0.454 e. The molecule has 0 fully saturated rings. The van der Waals surface area contributed by atoms with E-state index in [1.54, 1.807) is 37.3 Å². The second-order valence-electron chi connectivity index (χ2n) is 10.1. The van der Waals surface area contributed by atoms with Crippen LogP contribution in [0.4, 0.5) is 5.69 Å². The average molecular weight is 530 g/mol. The predicted molar refractivity (Wildman–Crippen MR) is 155 cm³/mol. The molecule has 0 spiro atoms. The molecule has 1 heterocycles. The molecule has 0 aliphatic rings. The first-order valence-electron chi connectivity index (χ1n) is 12.9. The van der Waals surface area contributed by atoms with Crippen LogP contribution in [0.15, 0.2) is 82.0 Å². The number of hydrogen-bond acceptors (Lipinski definition) is 4. The summed E-state index contributed by atoms with van der Waals surface area (Å²) in [5.74, 6) is 0.345. The number of nitrogens with zero attached hydrogens (tertiary/aromatic N) is 1. The van der Waals surface area contributed by atoms with Crippen molar-refractivity contribution in [1.29, 1.82) is 0 Å². The molecule has 2 radical (unpaired) electrons. The third-order valence-corrected chi connectivity index (χ3v) is 7.44. The van der Waals surface area contributed by atoms with Gasteiger partial charge in [-0.15, -0.1) is 0 Å². The smallest absolute Gasteiger partial charge is 0.316 e. The molecule has 4 aromatic rings. The summed E-state index contributed by atoms with van der Waals surface area (Å²) in [6, 6.07) is 21.7. The maximum atomic E-state index is 14.1. The van der Waals surface area contributed by atoms with Gasteiger partial charge in [0, 0.05) is 35.4 Å². The number of benzene rings is 3. The number of quaternary nitrogens is 1. The van der Waals surface area contributed by atoms with E-state index in [4.69, 9.17) is 28.7 Å². The fourth-order valence-electron chi connectivity index (χ4n) is 5.49. The van der Waals surface area contributed by atoms with Crippen LogP contribution in [0.1, 0.15) is 55.7 Å². The molecule has 6 heteroatoms. The first-order chi connectivity index (χ1) is 18.2. The minimum absolute atomic E-state index is 0.0497. The molecule has 38 heavy (non-hydrogen) atoms. The van der Waals surface area contributed by atoms with E-state index in [0.29, 0.717) is 58.8 Å². The van der Waals surface area contributed by atoms with Gasteiger partial charge < -0.3 is 10.2 Å². The summed E-state index contributed by atoms with van der Waals surface area (Å²) in [7, 11) is 0. The Morgan fingerprint density at radius 2 is 1.74 bits per heavy atom. The van der Waals surface area contributed by atoms with Crippen LogP contribution in [-0.4, -0.2) is 19.0 Å². The van der Waals surface area contributed by atoms with Crippen LogP contribution in [0.2, 0.25) is 5.02 Å². The second kappa shape index (κ2) is 11.6. The summed E-state index contributed by atoms with van der Waals surface area (Å²) >= 11 is 6.31. The van der Waals surface area contributed by atoms with Crippen LogP contribution < -0.4 is 15.6 Å². The molecule has 2 N–H and O–H groups in total. The monoisotopic (exact) mass is 529 g/mol. The lowest BCUT2D eigenvalue weighted by atomic mass is 9.89. The zero-order chi connectivity index (χ0) is 27.4. The van der Waals surface area contributed by atoms with Crippen LogP contribution in [0, 0.1) is 12.8 Å². The standard InChI is InChI=1S/C32H34ClN2O3/c1-21(2)30(35(23(4)36,18-8-17-34)26-14-11-22(3)12-15-26)32-28(19-24-9-6-5-7-10-24)31(37)27-16-13-25(33)20-29(27)38-32/h3,5-7,9-16,20-21,30H,8,17-19,34H2,1-2,4H3/q+1. The predicted octanol–water partition coefficient (Wildman–Crippen LogP) is 6.70. The largest absolute Gasteiger partial charge is 0.454 e. The zero-order valence-corrected chi connectivity index (χ0v) is 22.9. The molecule has 0 bridgehead atoms. The lowest BCUT2D eigenvalue weighted by Gasteiger charge is -2.43. The second-order valence-corrected chi connectivity index (χ2v) is 10.5. The highest BCUT2D eigenvalue weighted by molar-refractivity contribution is 6.31. The third-order valence-electron chi connectivity index (χ3n) is 7.21. The van der Waals surface area contributed by atoms with Gasteiger partial charge in [-0.3, -0.25) is 4.79 Å². The topological polar surface area (TPSA) is 73.3 Å². The Morgan fingerprint density at radius 1 is 1.05 bits per heavy atom. The normalized spacial score (nSPS) is 14.0. The van der Waals surface area contributed by atoms with Gasteiger partial charge in [0.2, 0.25) is 0 Å². The zero-order valence-electron chi connectivity index (χ0n) is 22.1. The van der Waals surface area contributed by atoms with E-state index in [-0.39, 0.29) is 21.7 Å². The SMILES string of the molecule is [CH]c1ccc([N+](CCCN)(C(C)=O)C(c2oc3cc(Cl)ccc3c(=O)c2Cc2ccccc2)C(C)C)cc1. The molecule has 5 nitrogen and oxygen atoms in total. The average Bonchev–Trinajstić information content (AvgIpc) is 2.89. The number of carbonyl (C=O) groups excluding carboxylic acids is 1. The van der Waals surface area contributed by atoms with Gasteiger partial charge in [-0.1, -0.05) is 67.9 Å². The van der Waals surface area contributed by atoms with E-state index < -0.39 is 6.04 Å². The fourth-order valence-corrected chi connectivity index (χ4v) is 5.65. The van der Waals surface area contributed by atoms with Gasteiger partial charge in [0.25, 0.3) is 0 Å². The van der Waals surface area contributed by atoms with Crippen LogP contribution in [0.3, 0.4) is 0 Å². The highest BCUT2D eigenvalue weighted by Gasteiger charge is 2.49. The van der Waals surface area contributed by atoms with Crippen LogP contribution in [0.5, 0.6) is 0 Å². The number of rotatable bonds is 9. The van der Waals surface area contributed by atoms with Crippen molar-refractivity contribution in [3.63, 3.8) is 0 Å². The molecule has 0 aliphatic heterocycles. The first-order valence-corrected chi connectivity index (χ1v) is 13.3. The molecule has 1 aromatic heterocycles. The fraction of sp³-hybridized carbons (Fsp3) is 0.281. The Hall–Kier alpha value is -3.25. The van der Waals surface area contributed by atoms with E-state index in [1.807, 2.05) is 42.5 Å². The summed E-state index contributed by atoms with van der Waals surface area (Å²) in [4.78, 5) is 27.9. The number of halogens is 1. The van der Waals surface area contributed by atoms with E-state index in [9.17, 15) is 9.59 Å². The molecule has 0 saturated carbocycles. The van der Waals surface area contributed by atoms with E-state index in [1.165, 1.54) is 0 Å². The van der Waals surface area contributed by atoms with E-state index in [2.05, 4.69) is 13.8 Å². The third kappa shape index (κ3) is 5.32. The molecule has 0 saturated heterocycles. The Balaban J connectivity index is 2.08. The van der Waals surface area contributed by atoms with Crippen LogP contribution in [0.25, 0.3) is 11.0 Å². The molecule has 3 aromatic carbocycles. The molecule has 2 atom stereocenters. The van der Waals surface area contributed by atoms with Gasteiger partial charge in [0.1, 0.15) is 11.3 Å². The summed E-state index contributed by atoms with van der Waals surface area (Å²) < 4.78 is 6.57. The number of amides is 1. The maximum Gasteiger partial charge on any atom is 0.316 e. The number of hydrogen-bond donors (Lipinski definition) is 1. The molecular weight excluding hydrogens is 496 g/mol. The van der Waals surface area contributed by atoms with Gasteiger partial charge in [-0.05, 0) is 48.9 Å². The lowest BCUT2D eigenvalue weighted by Crippen LogP contribution is -2.58. The number of fused-ring (bicyclic) bond motifs is 1. The molecule has 4 rings (SSSR count). The quantitative estimate of drug-likeness (QED) is 0.245. The van der Waals surface area contributed by atoms with E-state index in [0.717, 1.165) is 11.3 Å². The minimum atomic E-state index is -0.502. The summed E-state index contributed by atoms with van der Waals surface area (Å²) in [5, 5.41) is 0.930. The molecule has 0 aliphatic carbocycles. The van der Waals surface area contributed by atoms with Crippen LogP contribution in [-0.2, 0) is 11.2 Å². The molecule has 2 unspecified atom stereocenters. The van der Waals surface area contributed by atoms with Crippen molar-refractivity contribution < 1.29 is 9.21 Å².